The maximum Gasteiger partial charge on any atom is 0.409 e. The standard InChI is InChI=1S/C34H39N5O3S/c1-42-33(40)39-19-5-8-32(39)34(25-35,27-6-3-2-4-7-27)28-15-20-37(21-16-28)22-26-23-38(24-26)29-9-11-30(12-10-29)43(41)31-13-17-36-18-14-31/h2-4,6-7,9-14,17-18,26,28,32H,5,8,15-16,19-24H2,1H3. The Balaban J connectivity index is 1.06. The number of nitriles is 1. The van der Waals surface area contributed by atoms with Gasteiger partial charge in [-0.15, -0.1) is 0 Å². The Kier molecular flexibility index (Phi) is 8.78. The number of hydrogen-bond donors (Lipinski definition) is 0. The summed E-state index contributed by atoms with van der Waals surface area (Å²) < 4.78 is 18.0. The van der Waals surface area contributed by atoms with E-state index in [-0.39, 0.29) is 18.1 Å². The minimum Gasteiger partial charge on any atom is -0.453 e. The number of anilines is 1. The van der Waals surface area contributed by atoms with Crippen LogP contribution in [0.4, 0.5) is 10.5 Å². The number of rotatable bonds is 8. The number of amides is 1. The summed E-state index contributed by atoms with van der Waals surface area (Å²) in [5.74, 6) is 0.766. The van der Waals surface area contributed by atoms with Crippen molar-refractivity contribution in [2.24, 2.45) is 11.8 Å². The van der Waals surface area contributed by atoms with Crippen molar-refractivity contribution in [1.29, 1.82) is 5.26 Å². The number of methoxy groups -OCH3 is 1. The van der Waals surface area contributed by atoms with Crippen LogP contribution < -0.4 is 4.90 Å². The summed E-state index contributed by atoms with van der Waals surface area (Å²) in [4.78, 5) is 25.0. The summed E-state index contributed by atoms with van der Waals surface area (Å²) >= 11 is 0. The first-order chi connectivity index (χ1) is 21.0. The Bertz CT molecular complexity index is 1450. The number of carbonyl (C=O) groups is 1. The zero-order valence-electron chi connectivity index (χ0n) is 24.7. The molecule has 0 aliphatic carbocycles. The average molecular weight is 598 g/mol. The van der Waals surface area contributed by atoms with Crippen molar-refractivity contribution in [2.45, 2.75) is 46.9 Å². The normalized spacial score (nSPS) is 21.9. The SMILES string of the molecule is COC(=O)N1CCCC1C(C#N)(c1ccccc1)C1CCN(CC2CN(c3ccc(S(=O)c4ccncc4)cc3)C2)CC1. The Morgan fingerprint density at radius 3 is 2.30 bits per heavy atom. The lowest BCUT2D eigenvalue weighted by Crippen LogP contribution is -2.56. The molecule has 3 saturated heterocycles. The molecule has 9 heteroatoms. The fourth-order valence-corrected chi connectivity index (χ4v) is 8.46. The molecule has 2 aromatic carbocycles. The zero-order chi connectivity index (χ0) is 29.8. The van der Waals surface area contributed by atoms with Crippen molar-refractivity contribution in [1.82, 2.24) is 14.8 Å². The Morgan fingerprint density at radius 2 is 1.65 bits per heavy atom. The third-order valence-corrected chi connectivity index (χ3v) is 11.0. The van der Waals surface area contributed by atoms with E-state index in [1.54, 1.807) is 29.4 Å². The molecule has 0 saturated carbocycles. The Hall–Kier alpha value is -3.74. The van der Waals surface area contributed by atoms with Gasteiger partial charge in [-0.25, -0.2) is 9.00 Å². The lowest BCUT2D eigenvalue weighted by atomic mass is 9.62. The second kappa shape index (κ2) is 12.9. The molecule has 1 amide bonds. The first kappa shape index (κ1) is 29.3. The first-order valence-electron chi connectivity index (χ1n) is 15.2. The van der Waals surface area contributed by atoms with Gasteiger partial charge in [-0.05, 0) is 86.7 Å². The van der Waals surface area contributed by atoms with Crippen molar-refractivity contribution in [3.05, 3.63) is 84.7 Å². The van der Waals surface area contributed by atoms with Crippen LogP contribution in [-0.2, 0) is 21.0 Å². The molecule has 6 rings (SSSR count). The van der Waals surface area contributed by atoms with Crippen LogP contribution in [0.1, 0.15) is 31.2 Å². The predicted octanol–water partition coefficient (Wildman–Crippen LogP) is 5.09. The van der Waals surface area contributed by atoms with Crippen LogP contribution in [0.15, 0.2) is 88.9 Å². The van der Waals surface area contributed by atoms with E-state index in [2.05, 4.69) is 45.1 Å². The van der Waals surface area contributed by atoms with Crippen molar-refractivity contribution in [2.75, 3.05) is 51.3 Å². The molecule has 3 atom stereocenters. The van der Waals surface area contributed by atoms with Crippen molar-refractivity contribution >= 4 is 22.6 Å². The van der Waals surface area contributed by atoms with Gasteiger partial charge in [-0.2, -0.15) is 5.26 Å². The van der Waals surface area contributed by atoms with Crippen molar-refractivity contribution < 1.29 is 13.7 Å². The Morgan fingerprint density at radius 1 is 0.977 bits per heavy atom. The van der Waals surface area contributed by atoms with Crippen LogP contribution in [0.25, 0.3) is 0 Å². The van der Waals surface area contributed by atoms with Crippen LogP contribution in [0.5, 0.6) is 0 Å². The number of carbonyl (C=O) groups excluding carboxylic acids is 1. The van der Waals surface area contributed by atoms with Crippen LogP contribution in [0, 0.1) is 23.2 Å². The van der Waals surface area contributed by atoms with Gasteiger partial charge >= 0.3 is 6.09 Å². The molecule has 3 aliphatic rings. The molecule has 0 N–H and O–H groups in total. The third-order valence-electron chi connectivity index (χ3n) is 9.61. The molecule has 3 aromatic rings. The second-order valence-corrected chi connectivity index (χ2v) is 13.4. The van der Waals surface area contributed by atoms with Gasteiger partial charge in [0.2, 0.25) is 0 Å². The molecule has 0 radical (unpaired) electrons. The number of aromatic nitrogens is 1. The smallest absolute Gasteiger partial charge is 0.409 e. The number of ether oxygens (including phenoxy) is 1. The lowest BCUT2D eigenvalue weighted by molar-refractivity contribution is 0.0705. The highest BCUT2D eigenvalue weighted by atomic mass is 32.2. The van der Waals surface area contributed by atoms with Gasteiger partial charge in [-0.3, -0.25) is 4.98 Å². The van der Waals surface area contributed by atoms with Crippen LogP contribution >= 0.6 is 0 Å². The number of pyridine rings is 1. The minimum atomic E-state index is -1.20. The molecule has 3 unspecified atom stereocenters. The largest absolute Gasteiger partial charge is 0.453 e. The first-order valence-corrected chi connectivity index (χ1v) is 16.4. The zero-order valence-corrected chi connectivity index (χ0v) is 25.5. The van der Waals surface area contributed by atoms with Crippen LogP contribution in [0.3, 0.4) is 0 Å². The topological polar surface area (TPSA) is 89.8 Å². The molecule has 43 heavy (non-hydrogen) atoms. The molecule has 224 valence electrons. The molecule has 3 aliphatic heterocycles. The van der Waals surface area contributed by atoms with Gasteiger partial charge in [0.25, 0.3) is 0 Å². The fraction of sp³-hybridized carbons (Fsp3) is 0.441. The van der Waals surface area contributed by atoms with E-state index in [9.17, 15) is 14.3 Å². The van der Waals surface area contributed by atoms with Crippen molar-refractivity contribution in [3.63, 3.8) is 0 Å². The van der Waals surface area contributed by atoms with Crippen LogP contribution in [0.2, 0.25) is 0 Å². The highest BCUT2D eigenvalue weighted by Gasteiger charge is 2.53. The molecule has 8 nitrogen and oxygen atoms in total. The summed E-state index contributed by atoms with van der Waals surface area (Å²) in [6.07, 6.45) is 6.57. The lowest BCUT2D eigenvalue weighted by Gasteiger charge is -2.48. The second-order valence-electron chi connectivity index (χ2n) is 12.0. The summed E-state index contributed by atoms with van der Waals surface area (Å²) in [6, 6.07) is 24.4. The summed E-state index contributed by atoms with van der Waals surface area (Å²) in [7, 11) is 0.222. The van der Waals surface area contributed by atoms with Crippen LogP contribution in [-0.4, -0.2) is 77.5 Å². The van der Waals surface area contributed by atoms with E-state index in [0.29, 0.717) is 12.5 Å². The molecular formula is C34H39N5O3S. The summed E-state index contributed by atoms with van der Waals surface area (Å²) in [5, 5.41) is 10.8. The number of benzene rings is 2. The molecule has 0 bridgehead atoms. The Labute approximate surface area is 256 Å². The molecule has 1 aromatic heterocycles. The van der Waals surface area contributed by atoms with E-state index < -0.39 is 16.2 Å². The molecule has 0 spiro atoms. The van der Waals surface area contributed by atoms with E-state index in [4.69, 9.17) is 4.74 Å². The van der Waals surface area contributed by atoms with E-state index in [0.717, 1.165) is 73.8 Å². The highest BCUT2D eigenvalue weighted by molar-refractivity contribution is 7.85. The summed E-state index contributed by atoms with van der Waals surface area (Å²) in [6.45, 7) is 5.62. The minimum absolute atomic E-state index is 0.167. The number of likely N-dealkylation sites (tertiary alicyclic amines) is 2. The highest BCUT2D eigenvalue weighted by Crippen LogP contribution is 2.46. The van der Waals surface area contributed by atoms with E-state index >= 15 is 0 Å². The quantitative estimate of drug-likeness (QED) is 0.357. The molecule has 3 fully saturated rings. The van der Waals surface area contributed by atoms with Gasteiger partial charge in [0.1, 0.15) is 5.41 Å². The summed E-state index contributed by atoms with van der Waals surface area (Å²) in [5.41, 5.74) is 1.43. The van der Waals surface area contributed by atoms with Gasteiger partial charge in [0.05, 0.1) is 30.0 Å². The number of nitrogens with zero attached hydrogens (tertiary/aromatic N) is 5. The molecule has 4 heterocycles. The predicted molar refractivity (Wildman–Crippen MR) is 166 cm³/mol. The van der Waals surface area contributed by atoms with Gasteiger partial charge in [0, 0.05) is 60.0 Å². The average Bonchev–Trinajstić information content (AvgIpc) is 3.55. The van der Waals surface area contributed by atoms with E-state index in [1.165, 1.54) is 12.8 Å². The third kappa shape index (κ3) is 5.78. The van der Waals surface area contributed by atoms with Gasteiger partial charge < -0.3 is 19.4 Å². The fourth-order valence-electron chi connectivity index (χ4n) is 7.43. The van der Waals surface area contributed by atoms with Crippen molar-refractivity contribution in [3.8, 4) is 6.07 Å². The van der Waals surface area contributed by atoms with Gasteiger partial charge in [-0.1, -0.05) is 30.3 Å². The monoisotopic (exact) mass is 597 g/mol. The van der Waals surface area contributed by atoms with Gasteiger partial charge in [0.15, 0.2) is 0 Å². The van der Waals surface area contributed by atoms with E-state index in [1.807, 2.05) is 30.3 Å². The maximum atomic E-state index is 12.8. The number of hydrogen-bond acceptors (Lipinski definition) is 7. The maximum absolute atomic E-state index is 12.8. The number of piperidine rings is 1. The molecular weight excluding hydrogens is 558 g/mol.